The average molecular weight is 481 g/mol. The van der Waals surface area contributed by atoms with Gasteiger partial charge in [-0.1, -0.05) is 163 Å². The van der Waals surface area contributed by atoms with Crippen molar-refractivity contribution in [3.63, 3.8) is 0 Å². The summed E-state index contributed by atoms with van der Waals surface area (Å²) in [6, 6.07) is 0. The highest BCUT2D eigenvalue weighted by atomic mass is 16.5. The zero-order valence-corrected chi connectivity index (χ0v) is 24.1. The summed E-state index contributed by atoms with van der Waals surface area (Å²) in [4.78, 5) is 12.5. The molecule has 34 heavy (non-hydrogen) atoms. The van der Waals surface area contributed by atoms with E-state index in [-0.39, 0.29) is 11.9 Å². The number of esters is 1. The van der Waals surface area contributed by atoms with Crippen molar-refractivity contribution < 1.29 is 9.53 Å². The predicted molar refractivity (Wildman–Crippen MR) is 151 cm³/mol. The molecular formula is C32H64O2. The minimum Gasteiger partial charge on any atom is -0.465 e. The fraction of sp³-hybridized carbons (Fsp3) is 0.969. The number of carbonyl (C=O) groups excluding carboxylic acids is 1. The molecule has 0 saturated carbocycles. The number of hydrogen-bond donors (Lipinski definition) is 0. The van der Waals surface area contributed by atoms with Crippen molar-refractivity contribution in [2.45, 2.75) is 182 Å². The van der Waals surface area contributed by atoms with Gasteiger partial charge in [0, 0.05) is 0 Å². The molecule has 2 unspecified atom stereocenters. The molecule has 0 rings (SSSR count). The Kier molecular flexibility index (Phi) is 26.6. The van der Waals surface area contributed by atoms with Gasteiger partial charge in [0.15, 0.2) is 0 Å². The van der Waals surface area contributed by atoms with Crippen molar-refractivity contribution in [2.75, 3.05) is 6.61 Å². The Hall–Kier alpha value is -0.530. The predicted octanol–water partition coefficient (Wildman–Crippen LogP) is 11.2. The lowest BCUT2D eigenvalue weighted by Gasteiger charge is -2.19. The van der Waals surface area contributed by atoms with Gasteiger partial charge >= 0.3 is 5.97 Å². The maximum absolute atomic E-state index is 12.5. The minimum absolute atomic E-state index is 0.0487. The summed E-state index contributed by atoms with van der Waals surface area (Å²) in [6.07, 6.45) is 31.7. The van der Waals surface area contributed by atoms with E-state index in [2.05, 4.69) is 27.7 Å². The second kappa shape index (κ2) is 27.1. The quantitative estimate of drug-likeness (QED) is 0.0862. The van der Waals surface area contributed by atoms with E-state index in [4.69, 9.17) is 4.74 Å². The molecule has 0 aliphatic carbocycles. The van der Waals surface area contributed by atoms with Crippen LogP contribution in [0, 0.1) is 11.8 Å². The van der Waals surface area contributed by atoms with Gasteiger partial charge in [0.25, 0.3) is 0 Å². The number of rotatable bonds is 27. The Balaban J connectivity index is 3.85. The Morgan fingerprint density at radius 3 is 1.24 bits per heavy atom. The fourth-order valence-electron chi connectivity index (χ4n) is 4.96. The highest BCUT2D eigenvalue weighted by molar-refractivity contribution is 5.71. The van der Waals surface area contributed by atoms with E-state index < -0.39 is 0 Å². The van der Waals surface area contributed by atoms with Crippen molar-refractivity contribution >= 4 is 5.97 Å². The van der Waals surface area contributed by atoms with Crippen LogP contribution in [0.3, 0.4) is 0 Å². The van der Waals surface area contributed by atoms with Gasteiger partial charge in [0.2, 0.25) is 0 Å². The molecule has 0 spiro atoms. The zero-order chi connectivity index (χ0) is 25.1. The topological polar surface area (TPSA) is 26.3 Å². The number of carbonyl (C=O) groups is 1. The standard InChI is InChI=1S/C32H64O2/c1-5-8-11-14-15-16-17-18-19-20-22-23-26-30(4)32(33)34-29-31(27-24-13-10-7-3)28-25-21-12-9-6-2/h30-31H,5-29H2,1-4H3. The molecule has 0 aromatic rings. The van der Waals surface area contributed by atoms with Crippen molar-refractivity contribution in [3.8, 4) is 0 Å². The lowest BCUT2D eigenvalue weighted by atomic mass is 9.95. The molecule has 0 aliphatic rings. The number of ether oxygens (including phenoxy) is 1. The van der Waals surface area contributed by atoms with Crippen LogP contribution in [0.4, 0.5) is 0 Å². The van der Waals surface area contributed by atoms with E-state index in [1.165, 1.54) is 148 Å². The average Bonchev–Trinajstić information content (AvgIpc) is 2.84. The van der Waals surface area contributed by atoms with Crippen molar-refractivity contribution in [1.82, 2.24) is 0 Å². The fourth-order valence-corrected chi connectivity index (χ4v) is 4.96. The van der Waals surface area contributed by atoms with Gasteiger partial charge in [-0.05, 0) is 25.2 Å². The molecule has 0 bridgehead atoms. The van der Waals surface area contributed by atoms with Crippen molar-refractivity contribution in [2.24, 2.45) is 11.8 Å². The Morgan fingerprint density at radius 2 is 0.824 bits per heavy atom. The van der Waals surface area contributed by atoms with E-state index in [9.17, 15) is 4.79 Å². The third-order valence-corrected chi connectivity index (χ3v) is 7.54. The first kappa shape index (κ1) is 33.5. The van der Waals surface area contributed by atoms with Crippen LogP contribution in [0.2, 0.25) is 0 Å². The molecule has 0 saturated heterocycles. The summed E-state index contributed by atoms with van der Waals surface area (Å²) in [7, 11) is 0. The molecule has 204 valence electrons. The highest BCUT2D eigenvalue weighted by Crippen LogP contribution is 2.21. The van der Waals surface area contributed by atoms with Crippen LogP contribution in [0.5, 0.6) is 0 Å². The van der Waals surface area contributed by atoms with E-state index in [1.54, 1.807) is 0 Å². The van der Waals surface area contributed by atoms with Crippen LogP contribution in [0.25, 0.3) is 0 Å². The van der Waals surface area contributed by atoms with Gasteiger partial charge < -0.3 is 4.74 Å². The van der Waals surface area contributed by atoms with Gasteiger partial charge in [0.1, 0.15) is 0 Å². The lowest BCUT2D eigenvalue weighted by Crippen LogP contribution is -2.20. The van der Waals surface area contributed by atoms with Gasteiger partial charge in [-0.2, -0.15) is 0 Å². The highest BCUT2D eigenvalue weighted by Gasteiger charge is 2.17. The van der Waals surface area contributed by atoms with Gasteiger partial charge in [-0.25, -0.2) is 0 Å². The maximum Gasteiger partial charge on any atom is 0.308 e. The first-order valence-electron chi connectivity index (χ1n) is 15.8. The van der Waals surface area contributed by atoms with Crippen LogP contribution in [0.1, 0.15) is 182 Å². The maximum atomic E-state index is 12.5. The summed E-state index contributed by atoms with van der Waals surface area (Å²) >= 11 is 0. The summed E-state index contributed by atoms with van der Waals surface area (Å²) in [5.41, 5.74) is 0. The normalized spacial score (nSPS) is 13.2. The van der Waals surface area contributed by atoms with E-state index in [0.29, 0.717) is 12.5 Å². The second-order valence-electron chi connectivity index (χ2n) is 11.1. The summed E-state index contributed by atoms with van der Waals surface area (Å²) < 4.78 is 5.82. The van der Waals surface area contributed by atoms with Crippen LogP contribution < -0.4 is 0 Å². The molecular weight excluding hydrogens is 416 g/mol. The SMILES string of the molecule is CCCCCCCCCCCCCCC(C)C(=O)OCC(CCCCCC)CCCCCCC. The molecule has 2 nitrogen and oxygen atoms in total. The van der Waals surface area contributed by atoms with Gasteiger partial charge in [-0.3, -0.25) is 4.79 Å². The smallest absolute Gasteiger partial charge is 0.308 e. The molecule has 0 heterocycles. The van der Waals surface area contributed by atoms with Crippen LogP contribution in [-0.2, 0) is 9.53 Å². The molecule has 0 fully saturated rings. The molecule has 0 aromatic heterocycles. The first-order valence-corrected chi connectivity index (χ1v) is 15.8. The zero-order valence-electron chi connectivity index (χ0n) is 24.1. The largest absolute Gasteiger partial charge is 0.465 e. The number of unbranched alkanes of at least 4 members (excludes halogenated alkanes) is 18. The Morgan fingerprint density at radius 1 is 0.500 bits per heavy atom. The monoisotopic (exact) mass is 480 g/mol. The first-order chi connectivity index (χ1) is 16.7. The summed E-state index contributed by atoms with van der Waals surface area (Å²) in [5.74, 6) is 0.683. The van der Waals surface area contributed by atoms with E-state index in [0.717, 1.165) is 6.42 Å². The van der Waals surface area contributed by atoms with E-state index >= 15 is 0 Å². The molecule has 0 aromatic carbocycles. The van der Waals surface area contributed by atoms with Gasteiger partial charge in [-0.15, -0.1) is 0 Å². The Labute approximate surface area is 215 Å². The Bertz CT molecular complexity index is 406. The molecule has 0 aliphatic heterocycles. The molecule has 2 heteroatoms. The number of hydrogen-bond acceptors (Lipinski definition) is 2. The van der Waals surface area contributed by atoms with Crippen LogP contribution >= 0.6 is 0 Å². The summed E-state index contributed by atoms with van der Waals surface area (Å²) in [6.45, 7) is 9.55. The van der Waals surface area contributed by atoms with Crippen LogP contribution in [-0.4, -0.2) is 12.6 Å². The van der Waals surface area contributed by atoms with Crippen LogP contribution in [0.15, 0.2) is 0 Å². The third kappa shape index (κ3) is 23.2. The third-order valence-electron chi connectivity index (χ3n) is 7.54. The van der Waals surface area contributed by atoms with E-state index in [1.807, 2.05) is 0 Å². The second-order valence-corrected chi connectivity index (χ2v) is 11.1. The minimum atomic E-state index is 0.0487. The summed E-state index contributed by atoms with van der Waals surface area (Å²) in [5, 5.41) is 0. The lowest BCUT2D eigenvalue weighted by molar-refractivity contribution is -0.149. The molecule has 0 radical (unpaired) electrons. The molecule has 0 N–H and O–H groups in total. The van der Waals surface area contributed by atoms with Crippen molar-refractivity contribution in [3.05, 3.63) is 0 Å². The van der Waals surface area contributed by atoms with Crippen molar-refractivity contribution in [1.29, 1.82) is 0 Å². The van der Waals surface area contributed by atoms with Gasteiger partial charge in [0.05, 0.1) is 12.5 Å². The molecule has 0 amide bonds. The molecule has 2 atom stereocenters.